The van der Waals surface area contributed by atoms with Crippen LogP contribution in [0.25, 0.3) is 0 Å². The highest BCUT2D eigenvalue weighted by Gasteiger charge is 2.38. The Balaban J connectivity index is 1.66. The van der Waals surface area contributed by atoms with Crippen LogP contribution in [0.5, 0.6) is 0 Å². The summed E-state index contributed by atoms with van der Waals surface area (Å²) in [4.78, 5) is 6.58. The number of hydrogen-bond acceptors (Lipinski definition) is 5. The predicted octanol–water partition coefficient (Wildman–Crippen LogP) is 3.58. The number of anilines is 1. The number of halogens is 1. The van der Waals surface area contributed by atoms with E-state index in [1.807, 2.05) is 47.4 Å². The number of nitrogens with zero attached hydrogens (tertiary/aromatic N) is 2. The van der Waals surface area contributed by atoms with Gasteiger partial charge >= 0.3 is 0 Å². The lowest BCUT2D eigenvalue weighted by molar-refractivity contribution is 0.0584. The second-order valence-electron chi connectivity index (χ2n) is 7.54. The van der Waals surface area contributed by atoms with Gasteiger partial charge in [0.2, 0.25) is 10.0 Å². The van der Waals surface area contributed by atoms with Gasteiger partial charge in [0, 0.05) is 22.7 Å². The molecule has 0 amide bonds. The number of aliphatic hydroxyl groups is 1. The number of amidine groups is 1. The van der Waals surface area contributed by atoms with Crippen LogP contribution in [0.2, 0.25) is 5.02 Å². The van der Waals surface area contributed by atoms with E-state index >= 15 is 0 Å². The fourth-order valence-corrected chi connectivity index (χ4v) is 4.24. The molecule has 8 heteroatoms. The lowest BCUT2D eigenvalue weighted by Crippen LogP contribution is -2.36. The second-order valence-corrected chi connectivity index (χ2v) is 9.53. The highest BCUT2D eigenvalue weighted by Crippen LogP contribution is 2.31. The number of benzene rings is 3. The fraction of sp³-hybridized carbons (Fsp3) is 0.174. The summed E-state index contributed by atoms with van der Waals surface area (Å²) >= 11 is 6.03. The van der Waals surface area contributed by atoms with Gasteiger partial charge in [0.15, 0.2) is 5.72 Å². The Morgan fingerprint density at radius 3 is 2.26 bits per heavy atom. The molecular formula is C23H22ClN3O3S. The SMILES string of the molecule is NS(=O)(=O)c1ccc(N2CC(O)(CCc3ccccc3)N=C2c2ccc(Cl)cc2)cc1. The van der Waals surface area contributed by atoms with Crippen LogP contribution < -0.4 is 10.0 Å². The first-order valence-electron chi connectivity index (χ1n) is 9.76. The van der Waals surface area contributed by atoms with Crippen molar-refractivity contribution in [3.8, 4) is 0 Å². The summed E-state index contributed by atoms with van der Waals surface area (Å²) < 4.78 is 23.2. The number of β-amino-alcohol motifs (C(OH)–C–C–N with tert-alkyl or cyclic N) is 1. The number of hydrogen-bond donors (Lipinski definition) is 2. The third-order valence-electron chi connectivity index (χ3n) is 5.22. The van der Waals surface area contributed by atoms with Gasteiger partial charge in [-0.3, -0.25) is 0 Å². The van der Waals surface area contributed by atoms with E-state index in [-0.39, 0.29) is 11.4 Å². The van der Waals surface area contributed by atoms with E-state index in [9.17, 15) is 13.5 Å². The summed E-state index contributed by atoms with van der Waals surface area (Å²) in [7, 11) is -3.79. The fourth-order valence-electron chi connectivity index (χ4n) is 3.59. The monoisotopic (exact) mass is 455 g/mol. The molecule has 0 aliphatic carbocycles. The molecule has 6 nitrogen and oxygen atoms in total. The van der Waals surface area contributed by atoms with Crippen molar-refractivity contribution in [3.05, 3.63) is 95.0 Å². The normalized spacial score (nSPS) is 18.8. The highest BCUT2D eigenvalue weighted by atomic mass is 35.5. The van der Waals surface area contributed by atoms with Crippen molar-refractivity contribution < 1.29 is 13.5 Å². The lowest BCUT2D eigenvalue weighted by Gasteiger charge is -2.24. The Morgan fingerprint density at radius 2 is 1.65 bits per heavy atom. The summed E-state index contributed by atoms with van der Waals surface area (Å²) in [5.41, 5.74) is 1.34. The summed E-state index contributed by atoms with van der Waals surface area (Å²) in [5, 5.41) is 17.1. The first kappa shape index (κ1) is 21.5. The summed E-state index contributed by atoms with van der Waals surface area (Å²) in [6.45, 7) is 0.243. The average Bonchev–Trinajstić information content (AvgIpc) is 3.11. The number of nitrogens with two attached hydrogens (primary N) is 1. The van der Waals surface area contributed by atoms with E-state index in [4.69, 9.17) is 16.7 Å². The minimum absolute atomic E-state index is 0.0276. The third kappa shape index (κ3) is 4.97. The van der Waals surface area contributed by atoms with Crippen molar-refractivity contribution >= 4 is 33.1 Å². The van der Waals surface area contributed by atoms with E-state index < -0.39 is 15.7 Å². The van der Waals surface area contributed by atoms with Crippen molar-refractivity contribution in [2.24, 2.45) is 10.1 Å². The number of aliphatic imine (C=N–C) groups is 1. The molecule has 1 aliphatic heterocycles. The van der Waals surface area contributed by atoms with E-state index in [1.165, 1.54) is 12.1 Å². The Hall–Kier alpha value is -2.71. The maximum absolute atomic E-state index is 11.6. The third-order valence-corrected chi connectivity index (χ3v) is 6.40. The van der Waals surface area contributed by atoms with Crippen LogP contribution in [-0.2, 0) is 16.4 Å². The van der Waals surface area contributed by atoms with Crippen LogP contribution in [-0.4, -0.2) is 31.6 Å². The van der Waals surface area contributed by atoms with Crippen molar-refractivity contribution in [3.63, 3.8) is 0 Å². The zero-order valence-electron chi connectivity index (χ0n) is 16.6. The van der Waals surface area contributed by atoms with Crippen LogP contribution in [0.1, 0.15) is 17.5 Å². The molecule has 0 fully saturated rings. The van der Waals surface area contributed by atoms with Gasteiger partial charge in [-0.1, -0.05) is 41.9 Å². The van der Waals surface area contributed by atoms with Gasteiger partial charge in [0.1, 0.15) is 5.84 Å². The van der Waals surface area contributed by atoms with Crippen molar-refractivity contribution in [2.45, 2.75) is 23.5 Å². The first-order chi connectivity index (χ1) is 14.7. The molecule has 0 radical (unpaired) electrons. The number of rotatable bonds is 6. The first-order valence-corrected chi connectivity index (χ1v) is 11.7. The Labute approximate surface area is 186 Å². The van der Waals surface area contributed by atoms with Crippen molar-refractivity contribution in [1.82, 2.24) is 0 Å². The van der Waals surface area contributed by atoms with E-state index in [2.05, 4.69) is 4.99 Å². The van der Waals surface area contributed by atoms with Gasteiger partial charge in [-0.05, 0) is 60.5 Å². The maximum Gasteiger partial charge on any atom is 0.238 e. The molecule has 160 valence electrons. The van der Waals surface area contributed by atoms with Gasteiger partial charge in [-0.15, -0.1) is 0 Å². The summed E-state index contributed by atoms with van der Waals surface area (Å²) in [6.07, 6.45) is 1.12. The molecule has 0 spiro atoms. The minimum Gasteiger partial charge on any atom is -0.368 e. The van der Waals surface area contributed by atoms with Crippen LogP contribution in [0, 0.1) is 0 Å². The smallest absolute Gasteiger partial charge is 0.238 e. The molecule has 0 bridgehead atoms. The molecule has 1 unspecified atom stereocenters. The molecule has 1 heterocycles. The van der Waals surface area contributed by atoms with E-state index in [1.54, 1.807) is 24.3 Å². The minimum atomic E-state index is -3.79. The van der Waals surface area contributed by atoms with Crippen molar-refractivity contribution in [2.75, 3.05) is 11.4 Å². The van der Waals surface area contributed by atoms with Crippen molar-refractivity contribution in [1.29, 1.82) is 0 Å². The summed E-state index contributed by atoms with van der Waals surface area (Å²) in [5.74, 6) is 0.593. The quantitative estimate of drug-likeness (QED) is 0.593. The molecule has 3 aromatic rings. The Bertz CT molecular complexity index is 1200. The zero-order chi connectivity index (χ0) is 22.1. The molecule has 1 aliphatic rings. The van der Waals surface area contributed by atoms with Gasteiger partial charge in [0.05, 0.1) is 11.4 Å². The largest absolute Gasteiger partial charge is 0.368 e. The van der Waals surface area contributed by atoms with E-state index in [0.29, 0.717) is 29.4 Å². The molecule has 3 N–H and O–H groups in total. The second kappa shape index (κ2) is 8.43. The highest BCUT2D eigenvalue weighted by molar-refractivity contribution is 7.89. The molecule has 3 aromatic carbocycles. The predicted molar refractivity (Wildman–Crippen MR) is 123 cm³/mol. The standard InChI is InChI=1S/C23H22ClN3O3S/c24-19-8-6-18(7-9-19)22-26-23(28,15-14-17-4-2-1-3-5-17)16-27(22)20-10-12-21(13-11-20)31(25,29)30/h1-13,28H,14-16H2,(H2,25,29,30). The van der Waals surface area contributed by atoms with Gasteiger partial charge in [0.25, 0.3) is 0 Å². The molecular weight excluding hydrogens is 434 g/mol. The molecule has 31 heavy (non-hydrogen) atoms. The van der Waals surface area contributed by atoms with Gasteiger partial charge in [-0.25, -0.2) is 18.5 Å². The Kier molecular flexibility index (Phi) is 5.85. The molecule has 0 saturated heterocycles. The van der Waals surface area contributed by atoms with Gasteiger partial charge in [-0.2, -0.15) is 0 Å². The zero-order valence-corrected chi connectivity index (χ0v) is 18.2. The van der Waals surface area contributed by atoms with Crippen LogP contribution in [0.3, 0.4) is 0 Å². The number of primary sulfonamides is 1. The lowest BCUT2D eigenvalue weighted by atomic mass is 10.0. The van der Waals surface area contributed by atoms with Crippen LogP contribution in [0.4, 0.5) is 5.69 Å². The molecule has 0 saturated carbocycles. The number of sulfonamides is 1. The summed E-state index contributed by atoms with van der Waals surface area (Å²) in [6, 6.07) is 23.4. The topological polar surface area (TPSA) is 96.0 Å². The van der Waals surface area contributed by atoms with Crippen LogP contribution in [0.15, 0.2) is 88.8 Å². The van der Waals surface area contributed by atoms with E-state index in [0.717, 1.165) is 11.1 Å². The average molecular weight is 456 g/mol. The molecule has 4 rings (SSSR count). The Morgan fingerprint density at radius 1 is 1.00 bits per heavy atom. The maximum atomic E-state index is 11.6. The number of aryl methyl sites for hydroxylation is 1. The molecule has 1 atom stereocenters. The van der Waals surface area contributed by atoms with Crippen LogP contribution >= 0.6 is 11.6 Å². The molecule has 0 aromatic heterocycles. The van der Waals surface area contributed by atoms with Gasteiger partial charge < -0.3 is 10.0 Å².